The lowest BCUT2D eigenvalue weighted by Crippen LogP contribution is -1.92. The Balaban J connectivity index is 0.000000250. The molecule has 0 heterocycles. The van der Waals surface area contributed by atoms with Crippen LogP contribution in [0.25, 0.3) is 0 Å². The van der Waals surface area contributed by atoms with Crippen molar-refractivity contribution >= 4 is 31.9 Å². The molecule has 0 aliphatic rings. The van der Waals surface area contributed by atoms with Crippen LogP contribution in [0.4, 0.5) is 0 Å². The second kappa shape index (κ2) is 8.99. The van der Waals surface area contributed by atoms with Crippen LogP contribution >= 0.6 is 31.9 Å². The van der Waals surface area contributed by atoms with Crippen LogP contribution in [0.3, 0.4) is 0 Å². The van der Waals surface area contributed by atoms with Crippen molar-refractivity contribution in [2.75, 3.05) is 14.2 Å². The van der Waals surface area contributed by atoms with Crippen molar-refractivity contribution in [2.45, 2.75) is 3.74 Å². The van der Waals surface area contributed by atoms with Crippen molar-refractivity contribution in [2.24, 2.45) is 0 Å². The number of methoxy groups -OCH3 is 2. The summed E-state index contributed by atoms with van der Waals surface area (Å²) in [5.74, 6) is 1.65. The van der Waals surface area contributed by atoms with Gasteiger partial charge < -0.3 is 9.47 Å². The van der Waals surface area contributed by atoms with Crippen molar-refractivity contribution in [3.8, 4) is 11.5 Å². The standard InChI is InChI=1S/C9H10Br2O2.C6H6/c1-12-6-3-4-8(13-2)7(5-6)9(10)11;1-2-4-6-5-3-1/h3-5,9H,1-2H3;1-6H. The Morgan fingerprint density at radius 2 is 1.37 bits per heavy atom. The Morgan fingerprint density at radius 3 is 1.74 bits per heavy atom. The fourth-order valence-electron chi connectivity index (χ4n) is 1.39. The first kappa shape index (κ1) is 16.1. The van der Waals surface area contributed by atoms with Crippen LogP contribution in [-0.4, -0.2) is 14.2 Å². The van der Waals surface area contributed by atoms with Crippen LogP contribution in [0.2, 0.25) is 0 Å². The molecule has 0 amide bonds. The molecule has 0 fully saturated rings. The monoisotopic (exact) mass is 386 g/mol. The van der Waals surface area contributed by atoms with E-state index in [-0.39, 0.29) is 3.74 Å². The smallest absolute Gasteiger partial charge is 0.124 e. The van der Waals surface area contributed by atoms with Crippen LogP contribution in [-0.2, 0) is 0 Å². The van der Waals surface area contributed by atoms with Crippen LogP contribution in [0.5, 0.6) is 11.5 Å². The first-order chi connectivity index (χ1) is 9.19. The molecule has 0 saturated carbocycles. The summed E-state index contributed by atoms with van der Waals surface area (Å²) in [5.41, 5.74) is 1.02. The number of rotatable bonds is 3. The van der Waals surface area contributed by atoms with E-state index in [9.17, 15) is 0 Å². The molecule has 0 unspecified atom stereocenters. The predicted octanol–water partition coefficient (Wildman–Crippen LogP) is 5.18. The van der Waals surface area contributed by atoms with E-state index >= 15 is 0 Å². The molecule has 0 aliphatic heterocycles. The minimum atomic E-state index is 0.0741. The second-order valence-electron chi connectivity index (χ2n) is 3.56. The van der Waals surface area contributed by atoms with Gasteiger partial charge in [0.2, 0.25) is 0 Å². The number of alkyl halides is 2. The van der Waals surface area contributed by atoms with Gasteiger partial charge in [-0.15, -0.1) is 0 Å². The van der Waals surface area contributed by atoms with E-state index in [4.69, 9.17) is 9.47 Å². The highest BCUT2D eigenvalue weighted by Gasteiger charge is 2.10. The van der Waals surface area contributed by atoms with Crippen LogP contribution in [0.15, 0.2) is 54.6 Å². The van der Waals surface area contributed by atoms with Crippen molar-refractivity contribution < 1.29 is 9.47 Å². The molecule has 0 radical (unpaired) electrons. The van der Waals surface area contributed by atoms with Gasteiger partial charge in [0.05, 0.1) is 18.0 Å². The molecule has 2 nitrogen and oxygen atoms in total. The summed E-state index contributed by atoms with van der Waals surface area (Å²) in [6.07, 6.45) is 0. The minimum Gasteiger partial charge on any atom is -0.497 e. The lowest BCUT2D eigenvalue weighted by atomic mass is 10.2. The Kier molecular flexibility index (Phi) is 7.60. The zero-order chi connectivity index (χ0) is 14.1. The molecule has 0 bridgehead atoms. The lowest BCUT2D eigenvalue weighted by molar-refractivity contribution is 0.400. The quantitative estimate of drug-likeness (QED) is 0.675. The molecule has 19 heavy (non-hydrogen) atoms. The minimum absolute atomic E-state index is 0.0741. The zero-order valence-corrected chi connectivity index (χ0v) is 14.0. The Labute approximate surface area is 131 Å². The molecule has 0 spiro atoms. The summed E-state index contributed by atoms with van der Waals surface area (Å²) in [7, 11) is 3.29. The summed E-state index contributed by atoms with van der Waals surface area (Å²) < 4.78 is 10.4. The van der Waals surface area contributed by atoms with Gasteiger partial charge in [0.15, 0.2) is 0 Å². The third-order valence-electron chi connectivity index (χ3n) is 2.34. The average molecular weight is 388 g/mol. The molecule has 4 heteroatoms. The fourth-order valence-corrected chi connectivity index (χ4v) is 2.11. The topological polar surface area (TPSA) is 18.5 Å². The second-order valence-corrected chi connectivity index (χ2v) is 6.62. The first-order valence-electron chi connectivity index (χ1n) is 5.69. The normalized spacial score (nSPS) is 9.53. The van der Waals surface area contributed by atoms with Gasteiger partial charge in [-0.1, -0.05) is 68.3 Å². The number of halogens is 2. The van der Waals surface area contributed by atoms with Crippen molar-refractivity contribution in [1.82, 2.24) is 0 Å². The molecule has 0 atom stereocenters. The van der Waals surface area contributed by atoms with Gasteiger partial charge in [-0.3, -0.25) is 0 Å². The van der Waals surface area contributed by atoms with Gasteiger partial charge in [-0.25, -0.2) is 0 Å². The largest absolute Gasteiger partial charge is 0.497 e. The number of hydrogen-bond donors (Lipinski definition) is 0. The van der Waals surface area contributed by atoms with E-state index in [2.05, 4.69) is 31.9 Å². The molecule has 0 N–H and O–H groups in total. The van der Waals surface area contributed by atoms with Gasteiger partial charge in [0.25, 0.3) is 0 Å². The number of ether oxygens (including phenoxy) is 2. The highest BCUT2D eigenvalue weighted by molar-refractivity contribution is 9.24. The van der Waals surface area contributed by atoms with E-state index in [0.717, 1.165) is 17.1 Å². The van der Waals surface area contributed by atoms with Crippen LogP contribution in [0.1, 0.15) is 9.30 Å². The van der Waals surface area contributed by atoms with Gasteiger partial charge in [0.1, 0.15) is 11.5 Å². The van der Waals surface area contributed by atoms with E-state index < -0.39 is 0 Å². The molecular weight excluding hydrogens is 372 g/mol. The maximum absolute atomic E-state index is 5.19. The Morgan fingerprint density at radius 1 is 0.842 bits per heavy atom. The van der Waals surface area contributed by atoms with Gasteiger partial charge in [0, 0.05) is 5.56 Å². The molecular formula is C15H16Br2O2. The highest BCUT2D eigenvalue weighted by atomic mass is 79.9. The number of benzene rings is 2. The van der Waals surface area contributed by atoms with Gasteiger partial charge >= 0.3 is 0 Å². The SMILES string of the molecule is COc1ccc(OC)c(C(Br)Br)c1.c1ccccc1. The van der Waals surface area contributed by atoms with E-state index in [1.807, 2.05) is 54.6 Å². The maximum Gasteiger partial charge on any atom is 0.124 e. The fraction of sp³-hybridized carbons (Fsp3) is 0.200. The van der Waals surface area contributed by atoms with E-state index in [1.165, 1.54) is 0 Å². The summed E-state index contributed by atoms with van der Waals surface area (Å²) in [4.78, 5) is 0. The van der Waals surface area contributed by atoms with E-state index in [1.54, 1.807) is 14.2 Å². The summed E-state index contributed by atoms with van der Waals surface area (Å²) in [6, 6.07) is 17.7. The molecule has 0 aliphatic carbocycles. The molecule has 0 aromatic heterocycles. The molecule has 2 aromatic carbocycles. The van der Waals surface area contributed by atoms with Crippen molar-refractivity contribution in [3.05, 3.63) is 60.2 Å². The third kappa shape index (κ3) is 5.66. The lowest BCUT2D eigenvalue weighted by Gasteiger charge is -2.10. The molecule has 2 aromatic rings. The van der Waals surface area contributed by atoms with Crippen LogP contribution in [0, 0.1) is 0 Å². The molecule has 0 saturated heterocycles. The highest BCUT2D eigenvalue weighted by Crippen LogP contribution is 2.37. The Bertz CT molecular complexity index is 446. The van der Waals surface area contributed by atoms with Crippen molar-refractivity contribution in [1.29, 1.82) is 0 Å². The van der Waals surface area contributed by atoms with Gasteiger partial charge in [-0.05, 0) is 18.2 Å². The zero-order valence-electron chi connectivity index (χ0n) is 10.8. The average Bonchev–Trinajstić information content (AvgIpc) is 2.48. The van der Waals surface area contributed by atoms with E-state index in [0.29, 0.717) is 0 Å². The summed E-state index contributed by atoms with van der Waals surface area (Å²) in [5, 5.41) is 0. The summed E-state index contributed by atoms with van der Waals surface area (Å²) in [6.45, 7) is 0. The number of hydrogen-bond acceptors (Lipinski definition) is 2. The molecule has 2 rings (SSSR count). The molecule has 102 valence electrons. The third-order valence-corrected chi connectivity index (χ3v) is 3.33. The maximum atomic E-state index is 5.19. The predicted molar refractivity (Wildman–Crippen MR) is 86.6 cm³/mol. The summed E-state index contributed by atoms with van der Waals surface area (Å²) >= 11 is 6.84. The van der Waals surface area contributed by atoms with Crippen molar-refractivity contribution in [3.63, 3.8) is 0 Å². The van der Waals surface area contributed by atoms with Crippen LogP contribution < -0.4 is 9.47 Å². The Hall–Kier alpha value is -1.00. The first-order valence-corrected chi connectivity index (χ1v) is 7.52. The van der Waals surface area contributed by atoms with Gasteiger partial charge in [-0.2, -0.15) is 0 Å².